The Labute approximate surface area is 120 Å². The summed E-state index contributed by atoms with van der Waals surface area (Å²) in [5.41, 5.74) is 7.70. The third-order valence-corrected chi connectivity index (χ3v) is 3.79. The molecule has 110 valence electrons. The van der Waals surface area contributed by atoms with Gasteiger partial charge in [0.25, 0.3) is 0 Å². The molecule has 1 aliphatic carbocycles. The highest BCUT2D eigenvalue weighted by Gasteiger charge is 2.30. The molecule has 20 heavy (non-hydrogen) atoms. The molecular weight excluding hydrogens is 252 g/mol. The van der Waals surface area contributed by atoms with Crippen LogP contribution in [0.3, 0.4) is 0 Å². The summed E-state index contributed by atoms with van der Waals surface area (Å²) in [4.78, 5) is 11.9. The van der Waals surface area contributed by atoms with E-state index in [4.69, 9.17) is 10.5 Å². The number of hydrogen-bond acceptors (Lipinski definition) is 3. The fourth-order valence-corrected chi connectivity index (χ4v) is 2.56. The Morgan fingerprint density at radius 3 is 2.60 bits per heavy atom. The Hall–Kier alpha value is -1.39. The first kappa shape index (κ1) is 15.0. The van der Waals surface area contributed by atoms with E-state index in [9.17, 15) is 4.79 Å². The van der Waals surface area contributed by atoms with Gasteiger partial charge in [-0.05, 0) is 50.3 Å². The molecule has 1 saturated carbocycles. The van der Waals surface area contributed by atoms with Crippen molar-refractivity contribution in [3.8, 4) is 0 Å². The maximum absolute atomic E-state index is 11.9. The summed E-state index contributed by atoms with van der Waals surface area (Å²) in [6, 6.07) is 7.73. The topological polar surface area (TPSA) is 64.3 Å². The Morgan fingerprint density at radius 2 is 2.05 bits per heavy atom. The number of carbonyl (C=O) groups is 1. The Kier molecular flexibility index (Phi) is 5.15. The highest BCUT2D eigenvalue weighted by atomic mass is 16.5. The zero-order chi connectivity index (χ0) is 14.5. The Balaban J connectivity index is 1.75. The molecule has 1 amide bonds. The van der Waals surface area contributed by atoms with Crippen molar-refractivity contribution in [1.29, 1.82) is 0 Å². The standard InChI is InChI=1S/C16H24N2O2/c1-3-20-15-8-12(9-15)10-16(19)18-14-6-4-13(5-7-14)11(2)17/h4-7,11-12,15H,3,8-10,17H2,1-2H3,(H,18,19). The van der Waals surface area contributed by atoms with Gasteiger partial charge in [-0.1, -0.05) is 12.1 Å². The monoisotopic (exact) mass is 276 g/mol. The third-order valence-electron chi connectivity index (χ3n) is 3.79. The van der Waals surface area contributed by atoms with Crippen LogP contribution in [-0.2, 0) is 9.53 Å². The van der Waals surface area contributed by atoms with Crippen LogP contribution in [0, 0.1) is 5.92 Å². The summed E-state index contributed by atoms with van der Waals surface area (Å²) in [6.07, 6.45) is 2.96. The average Bonchev–Trinajstić information content (AvgIpc) is 2.37. The number of carbonyl (C=O) groups excluding carboxylic acids is 1. The first-order valence-corrected chi connectivity index (χ1v) is 7.35. The minimum atomic E-state index is 0.0187. The Morgan fingerprint density at radius 1 is 1.40 bits per heavy atom. The summed E-state index contributed by atoms with van der Waals surface area (Å²) in [5.74, 6) is 0.549. The van der Waals surface area contributed by atoms with E-state index < -0.39 is 0 Å². The van der Waals surface area contributed by atoms with E-state index in [1.807, 2.05) is 38.1 Å². The third kappa shape index (κ3) is 4.05. The number of anilines is 1. The summed E-state index contributed by atoms with van der Waals surface area (Å²) < 4.78 is 5.50. The van der Waals surface area contributed by atoms with Gasteiger partial charge >= 0.3 is 0 Å². The van der Waals surface area contributed by atoms with Crippen LogP contribution in [0.25, 0.3) is 0 Å². The van der Waals surface area contributed by atoms with E-state index >= 15 is 0 Å². The molecule has 0 spiro atoms. The van der Waals surface area contributed by atoms with Gasteiger partial charge in [0.2, 0.25) is 5.91 Å². The molecule has 2 rings (SSSR count). The molecule has 1 atom stereocenters. The molecule has 1 aromatic carbocycles. The molecule has 0 aromatic heterocycles. The lowest BCUT2D eigenvalue weighted by Crippen LogP contribution is -2.33. The van der Waals surface area contributed by atoms with Crippen molar-refractivity contribution in [2.24, 2.45) is 11.7 Å². The number of benzene rings is 1. The molecule has 1 aliphatic rings. The number of hydrogen-bond donors (Lipinski definition) is 2. The van der Waals surface area contributed by atoms with Crippen LogP contribution in [0.15, 0.2) is 24.3 Å². The number of rotatable bonds is 6. The van der Waals surface area contributed by atoms with Crippen LogP contribution in [-0.4, -0.2) is 18.6 Å². The van der Waals surface area contributed by atoms with Crippen molar-refractivity contribution in [2.75, 3.05) is 11.9 Å². The van der Waals surface area contributed by atoms with Gasteiger partial charge in [0.15, 0.2) is 0 Å². The van der Waals surface area contributed by atoms with Crippen molar-refractivity contribution < 1.29 is 9.53 Å². The predicted molar refractivity (Wildman–Crippen MR) is 80.4 cm³/mol. The normalized spacial score (nSPS) is 22.9. The molecule has 0 saturated heterocycles. The second kappa shape index (κ2) is 6.86. The van der Waals surface area contributed by atoms with Gasteiger partial charge in [-0.25, -0.2) is 0 Å². The quantitative estimate of drug-likeness (QED) is 0.839. The van der Waals surface area contributed by atoms with Gasteiger partial charge in [-0.3, -0.25) is 4.79 Å². The van der Waals surface area contributed by atoms with Gasteiger partial charge < -0.3 is 15.8 Å². The molecule has 4 nitrogen and oxygen atoms in total. The molecular formula is C16H24N2O2. The van der Waals surface area contributed by atoms with Crippen molar-refractivity contribution >= 4 is 11.6 Å². The molecule has 1 aromatic rings. The molecule has 4 heteroatoms. The van der Waals surface area contributed by atoms with Crippen molar-refractivity contribution in [2.45, 2.75) is 45.3 Å². The molecule has 0 heterocycles. The molecule has 3 N–H and O–H groups in total. The first-order valence-electron chi connectivity index (χ1n) is 7.35. The predicted octanol–water partition coefficient (Wildman–Crippen LogP) is 2.85. The van der Waals surface area contributed by atoms with Gasteiger partial charge in [0.05, 0.1) is 6.10 Å². The number of amides is 1. The van der Waals surface area contributed by atoms with Crippen molar-refractivity contribution in [3.63, 3.8) is 0 Å². The fraction of sp³-hybridized carbons (Fsp3) is 0.562. The van der Waals surface area contributed by atoms with Gasteiger partial charge in [-0.2, -0.15) is 0 Å². The fourth-order valence-electron chi connectivity index (χ4n) is 2.56. The minimum absolute atomic E-state index is 0.0187. The zero-order valence-electron chi connectivity index (χ0n) is 12.3. The molecule has 1 fully saturated rings. The van der Waals surface area contributed by atoms with Gasteiger partial charge in [0, 0.05) is 24.8 Å². The Bertz CT molecular complexity index is 436. The van der Waals surface area contributed by atoms with Crippen LogP contribution < -0.4 is 11.1 Å². The van der Waals surface area contributed by atoms with Crippen molar-refractivity contribution in [1.82, 2.24) is 0 Å². The zero-order valence-corrected chi connectivity index (χ0v) is 12.3. The lowest BCUT2D eigenvalue weighted by molar-refractivity contribution is -0.119. The van der Waals surface area contributed by atoms with Crippen LogP contribution >= 0.6 is 0 Å². The van der Waals surface area contributed by atoms with Crippen molar-refractivity contribution in [3.05, 3.63) is 29.8 Å². The van der Waals surface area contributed by atoms with E-state index in [0.717, 1.165) is 30.7 Å². The maximum Gasteiger partial charge on any atom is 0.224 e. The molecule has 0 bridgehead atoms. The van der Waals surface area contributed by atoms with E-state index in [-0.39, 0.29) is 11.9 Å². The van der Waals surface area contributed by atoms with Crippen LogP contribution in [0.1, 0.15) is 44.7 Å². The number of nitrogens with two attached hydrogens (primary N) is 1. The van der Waals surface area contributed by atoms with Gasteiger partial charge in [-0.15, -0.1) is 0 Å². The highest BCUT2D eigenvalue weighted by molar-refractivity contribution is 5.90. The SMILES string of the molecule is CCOC1CC(CC(=O)Nc2ccc(C(C)N)cc2)C1. The summed E-state index contributed by atoms with van der Waals surface area (Å²) in [7, 11) is 0. The second-order valence-corrected chi connectivity index (χ2v) is 5.58. The van der Waals surface area contributed by atoms with E-state index in [1.54, 1.807) is 0 Å². The van der Waals surface area contributed by atoms with E-state index in [1.165, 1.54) is 0 Å². The lowest BCUT2D eigenvalue weighted by atomic mass is 9.80. The van der Waals surface area contributed by atoms with E-state index in [2.05, 4.69) is 5.32 Å². The van der Waals surface area contributed by atoms with Crippen LogP contribution in [0.4, 0.5) is 5.69 Å². The average molecular weight is 276 g/mol. The summed E-state index contributed by atoms with van der Waals surface area (Å²) in [5, 5.41) is 2.93. The highest BCUT2D eigenvalue weighted by Crippen LogP contribution is 2.32. The molecule has 1 unspecified atom stereocenters. The van der Waals surface area contributed by atoms with Crippen LogP contribution in [0.2, 0.25) is 0 Å². The first-order chi connectivity index (χ1) is 9.58. The maximum atomic E-state index is 11.9. The number of ether oxygens (including phenoxy) is 1. The van der Waals surface area contributed by atoms with Crippen LogP contribution in [0.5, 0.6) is 0 Å². The smallest absolute Gasteiger partial charge is 0.224 e. The van der Waals surface area contributed by atoms with E-state index in [0.29, 0.717) is 18.4 Å². The van der Waals surface area contributed by atoms with Gasteiger partial charge in [0.1, 0.15) is 0 Å². The lowest BCUT2D eigenvalue weighted by Gasteiger charge is -2.34. The molecule has 0 aliphatic heterocycles. The number of nitrogens with one attached hydrogen (secondary N) is 1. The summed E-state index contributed by atoms with van der Waals surface area (Å²) in [6.45, 7) is 4.71. The second-order valence-electron chi connectivity index (χ2n) is 5.58. The molecule has 0 radical (unpaired) electrons. The largest absolute Gasteiger partial charge is 0.378 e. The minimum Gasteiger partial charge on any atom is -0.378 e. The summed E-state index contributed by atoms with van der Waals surface area (Å²) >= 11 is 0.